The van der Waals surface area contributed by atoms with E-state index in [1.54, 1.807) is 45.0 Å². The molecule has 2 heterocycles. The van der Waals surface area contributed by atoms with Crippen LogP contribution in [0, 0.1) is 0 Å². The zero-order valence-electron chi connectivity index (χ0n) is 15.1. The zero-order chi connectivity index (χ0) is 19.9. The number of rotatable bonds is 3. The molecule has 2 atom stereocenters. The predicted octanol–water partition coefficient (Wildman–Crippen LogP) is 2.62. The number of carbonyl (C=O) groups is 3. The van der Waals surface area contributed by atoms with Crippen LogP contribution in [0.15, 0.2) is 24.3 Å². The molecule has 27 heavy (non-hydrogen) atoms. The number of aromatic amines is 1. The van der Waals surface area contributed by atoms with E-state index in [2.05, 4.69) is 10.3 Å². The third-order valence-corrected chi connectivity index (χ3v) is 4.64. The van der Waals surface area contributed by atoms with E-state index in [1.165, 1.54) is 0 Å². The minimum atomic E-state index is -1.19. The summed E-state index contributed by atoms with van der Waals surface area (Å²) in [6.07, 6.45) is -1.19. The Morgan fingerprint density at radius 1 is 1.33 bits per heavy atom. The number of fused-ring (bicyclic) bond motifs is 1. The molecule has 3 rings (SSSR count). The van der Waals surface area contributed by atoms with E-state index < -0.39 is 35.6 Å². The first-order valence-corrected chi connectivity index (χ1v) is 8.74. The van der Waals surface area contributed by atoms with Crippen molar-refractivity contribution in [3.63, 3.8) is 0 Å². The standard InChI is InChI=1S/C18H20ClN3O5/c1-18(2,3)22(17(25)26)13-8-27-16(24)14(13)21-15(23)12-7-9-6-10(19)4-5-11(9)20-12/h4-7,13-14,20H,8H2,1-3H3,(H,21,23)(H,25,26)/t13-,14+/m1/s1. The van der Waals surface area contributed by atoms with Gasteiger partial charge in [-0.05, 0) is 45.0 Å². The fourth-order valence-electron chi connectivity index (χ4n) is 3.26. The van der Waals surface area contributed by atoms with Crippen molar-refractivity contribution in [1.82, 2.24) is 15.2 Å². The number of hydrogen-bond donors (Lipinski definition) is 3. The van der Waals surface area contributed by atoms with Crippen LogP contribution < -0.4 is 5.32 Å². The predicted molar refractivity (Wildman–Crippen MR) is 98.9 cm³/mol. The van der Waals surface area contributed by atoms with Crippen molar-refractivity contribution in [2.45, 2.75) is 38.4 Å². The Morgan fingerprint density at radius 2 is 2.04 bits per heavy atom. The van der Waals surface area contributed by atoms with Gasteiger partial charge in [0.05, 0.1) is 0 Å². The lowest BCUT2D eigenvalue weighted by molar-refractivity contribution is -0.139. The average Bonchev–Trinajstić information content (AvgIpc) is 3.11. The Hall–Kier alpha value is -2.74. The summed E-state index contributed by atoms with van der Waals surface area (Å²) in [4.78, 5) is 40.6. The van der Waals surface area contributed by atoms with Gasteiger partial charge in [0, 0.05) is 21.5 Å². The molecule has 2 aromatic rings. The number of ether oxygens (including phenoxy) is 1. The van der Waals surface area contributed by atoms with E-state index in [9.17, 15) is 19.5 Å². The monoisotopic (exact) mass is 393 g/mol. The molecule has 144 valence electrons. The number of halogens is 1. The summed E-state index contributed by atoms with van der Waals surface area (Å²) < 4.78 is 5.03. The highest BCUT2D eigenvalue weighted by Gasteiger charge is 2.47. The van der Waals surface area contributed by atoms with Crippen LogP contribution in [0.2, 0.25) is 5.02 Å². The molecule has 2 amide bonds. The van der Waals surface area contributed by atoms with Gasteiger partial charge >= 0.3 is 12.1 Å². The number of nitrogens with one attached hydrogen (secondary N) is 2. The summed E-state index contributed by atoms with van der Waals surface area (Å²) in [7, 11) is 0. The first-order valence-electron chi connectivity index (χ1n) is 8.36. The average molecular weight is 394 g/mol. The SMILES string of the molecule is CC(C)(C)N(C(=O)O)[C@@H]1COC(=O)[C@H]1NC(=O)c1cc2cc(Cl)ccc2[nH]1. The number of nitrogens with zero attached hydrogens (tertiary/aromatic N) is 1. The summed E-state index contributed by atoms with van der Waals surface area (Å²) >= 11 is 5.95. The molecule has 3 N–H and O–H groups in total. The van der Waals surface area contributed by atoms with E-state index in [0.717, 1.165) is 15.8 Å². The van der Waals surface area contributed by atoms with Crippen LogP contribution in [-0.2, 0) is 9.53 Å². The molecule has 0 unspecified atom stereocenters. The van der Waals surface area contributed by atoms with E-state index in [0.29, 0.717) is 5.02 Å². The van der Waals surface area contributed by atoms with Crippen LogP contribution >= 0.6 is 11.6 Å². The number of H-pyrrole nitrogens is 1. The molecule has 1 fully saturated rings. The van der Waals surface area contributed by atoms with Gasteiger partial charge in [-0.3, -0.25) is 9.69 Å². The maximum atomic E-state index is 12.6. The van der Waals surface area contributed by atoms with Crippen LogP contribution in [-0.4, -0.2) is 57.2 Å². The maximum Gasteiger partial charge on any atom is 0.408 e. The highest BCUT2D eigenvalue weighted by molar-refractivity contribution is 6.31. The van der Waals surface area contributed by atoms with Crippen LogP contribution in [0.1, 0.15) is 31.3 Å². The normalized spacial score (nSPS) is 19.8. The molecule has 0 spiro atoms. The number of carboxylic acid groups (broad SMARTS) is 1. The molecule has 0 aliphatic carbocycles. The second-order valence-electron chi connectivity index (χ2n) is 7.39. The lowest BCUT2D eigenvalue weighted by atomic mass is 10.0. The Labute approximate surface area is 160 Å². The third kappa shape index (κ3) is 3.71. The van der Waals surface area contributed by atoms with Gasteiger partial charge in [0.2, 0.25) is 0 Å². The van der Waals surface area contributed by atoms with Crippen LogP contribution in [0.25, 0.3) is 10.9 Å². The van der Waals surface area contributed by atoms with E-state index in [1.807, 2.05) is 0 Å². The Morgan fingerprint density at radius 3 is 2.67 bits per heavy atom. The van der Waals surface area contributed by atoms with E-state index in [-0.39, 0.29) is 12.3 Å². The summed E-state index contributed by atoms with van der Waals surface area (Å²) in [6.45, 7) is 5.02. The molecule has 8 nitrogen and oxygen atoms in total. The summed E-state index contributed by atoms with van der Waals surface area (Å²) in [6, 6.07) is 4.85. The Bertz CT molecular complexity index is 917. The molecule has 1 aliphatic heterocycles. The van der Waals surface area contributed by atoms with Gasteiger partial charge in [0.25, 0.3) is 5.91 Å². The lowest BCUT2D eigenvalue weighted by Gasteiger charge is -2.38. The molecule has 0 saturated carbocycles. The largest absolute Gasteiger partial charge is 0.465 e. The van der Waals surface area contributed by atoms with Gasteiger partial charge in [-0.2, -0.15) is 0 Å². The zero-order valence-corrected chi connectivity index (χ0v) is 15.8. The topological polar surface area (TPSA) is 112 Å². The van der Waals surface area contributed by atoms with Gasteiger partial charge in [-0.1, -0.05) is 11.6 Å². The first kappa shape index (κ1) is 19.0. The molecule has 1 aromatic heterocycles. The quantitative estimate of drug-likeness (QED) is 0.694. The number of aromatic nitrogens is 1. The smallest absolute Gasteiger partial charge is 0.408 e. The van der Waals surface area contributed by atoms with Gasteiger partial charge in [-0.15, -0.1) is 0 Å². The van der Waals surface area contributed by atoms with Gasteiger partial charge in [0.15, 0.2) is 6.04 Å². The molecule has 1 saturated heterocycles. The fourth-order valence-corrected chi connectivity index (χ4v) is 3.44. The highest BCUT2D eigenvalue weighted by atomic mass is 35.5. The van der Waals surface area contributed by atoms with Gasteiger partial charge in [-0.25, -0.2) is 9.59 Å². The second kappa shape index (κ2) is 6.77. The highest BCUT2D eigenvalue weighted by Crippen LogP contribution is 2.25. The number of hydrogen-bond acceptors (Lipinski definition) is 4. The molecule has 1 aliphatic rings. The number of esters is 1. The van der Waals surface area contributed by atoms with E-state index >= 15 is 0 Å². The van der Waals surface area contributed by atoms with E-state index in [4.69, 9.17) is 16.3 Å². The van der Waals surface area contributed by atoms with Crippen molar-refractivity contribution in [2.75, 3.05) is 6.61 Å². The molecule has 9 heteroatoms. The van der Waals surface area contributed by atoms with Gasteiger partial charge in [0.1, 0.15) is 18.3 Å². The summed E-state index contributed by atoms with van der Waals surface area (Å²) in [5.74, 6) is -1.20. The minimum Gasteiger partial charge on any atom is -0.465 e. The maximum absolute atomic E-state index is 12.6. The van der Waals surface area contributed by atoms with Crippen molar-refractivity contribution in [3.05, 3.63) is 35.0 Å². The molecular weight excluding hydrogens is 374 g/mol. The van der Waals surface area contributed by atoms with Crippen molar-refractivity contribution in [2.24, 2.45) is 0 Å². The number of cyclic esters (lactones) is 1. The first-order chi connectivity index (χ1) is 12.6. The van der Waals surface area contributed by atoms with Crippen LogP contribution in [0.4, 0.5) is 4.79 Å². The number of amides is 2. The fraction of sp³-hybridized carbons (Fsp3) is 0.389. The summed E-state index contributed by atoms with van der Waals surface area (Å²) in [5, 5.41) is 13.5. The summed E-state index contributed by atoms with van der Waals surface area (Å²) in [5.41, 5.74) is 0.186. The molecular formula is C18H20ClN3O5. The second-order valence-corrected chi connectivity index (χ2v) is 7.82. The number of carbonyl (C=O) groups excluding carboxylic acids is 2. The minimum absolute atomic E-state index is 0.115. The molecule has 0 radical (unpaired) electrons. The van der Waals surface area contributed by atoms with Crippen molar-refractivity contribution in [3.8, 4) is 0 Å². The van der Waals surface area contributed by atoms with Crippen molar-refractivity contribution < 1.29 is 24.2 Å². The Kier molecular flexibility index (Phi) is 4.77. The molecule has 0 bridgehead atoms. The molecule has 1 aromatic carbocycles. The third-order valence-electron chi connectivity index (χ3n) is 4.41. The van der Waals surface area contributed by atoms with Crippen molar-refractivity contribution >= 4 is 40.5 Å². The van der Waals surface area contributed by atoms with Crippen molar-refractivity contribution in [1.29, 1.82) is 0 Å². The van der Waals surface area contributed by atoms with Crippen LogP contribution in [0.5, 0.6) is 0 Å². The van der Waals surface area contributed by atoms with Crippen LogP contribution in [0.3, 0.4) is 0 Å². The number of benzene rings is 1. The lowest BCUT2D eigenvalue weighted by Crippen LogP contribution is -2.59. The Balaban J connectivity index is 1.85. The van der Waals surface area contributed by atoms with Gasteiger partial charge < -0.3 is 20.1 Å².